The van der Waals surface area contributed by atoms with Gasteiger partial charge in [0.05, 0.1) is 0 Å². The van der Waals surface area contributed by atoms with Gasteiger partial charge in [-0.2, -0.15) is 0 Å². The van der Waals surface area contributed by atoms with E-state index in [0.717, 1.165) is 30.7 Å². The minimum Gasteiger partial charge on any atom is -0.384 e. The molecule has 0 aromatic heterocycles. The lowest BCUT2D eigenvalue weighted by Gasteiger charge is -2.18. The Labute approximate surface area is 123 Å². The summed E-state index contributed by atoms with van der Waals surface area (Å²) >= 11 is 3.50. The van der Waals surface area contributed by atoms with Gasteiger partial charge in [0.2, 0.25) is 0 Å². The van der Waals surface area contributed by atoms with E-state index in [4.69, 9.17) is 0 Å². The fourth-order valence-electron chi connectivity index (χ4n) is 2.22. The summed E-state index contributed by atoms with van der Waals surface area (Å²) in [6.07, 6.45) is 0. The number of nitrogens with one attached hydrogen (secondary N) is 1. The van der Waals surface area contributed by atoms with Gasteiger partial charge >= 0.3 is 0 Å². The molecule has 0 fully saturated rings. The predicted octanol–water partition coefficient (Wildman–Crippen LogP) is 4.36. The zero-order valence-corrected chi connectivity index (χ0v) is 13.2. The lowest BCUT2D eigenvalue weighted by Crippen LogP contribution is -2.28. The van der Waals surface area contributed by atoms with Crippen molar-refractivity contribution in [3.63, 3.8) is 0 Å². The monoisotopic (exact) mass is 320 g/mol. The normalized spacial score (nSPS) is 11.2. The van der Waals surface area contributed by atoms with E-state index in [1.165, 1.54) is 16.5 Å². The Kier molecular flexibility index (Phi) is 5.23. The van der Waals surface area contributed by atoms with Crippen LogP contribution in [0.2, 0.25) is 0 Å². The van der Waals surface area contributed by atoms with Gasteiger partial charge in [-0.1, -0.05) is 41.9 Å². The molecule has 2 nitrogen and oxygen atoms in total. The van der Waals surface area contributed by atoms with Crippen LogP contribution in [-0.4, -0.2) is 31.1 Å². The standard InChI is InChI=1S/C16H21BrN2/c1-3-19(4-2)10-9-18-16-8-6-13-11-15(17)7-5-14(13)12-16/h5-8,11-12,18H,3-4,9-10H2,1-2H3. The van der Waals surface area contributed by atoms with Crippen molar-refractivity contribution < 1.29 is 0 Å². The third-order valence-electron chi connectivity index (χ3n) is 3.45. The first kappa shape index (κ1) is 14.4. The van der Waals surface area contributed by atoms with E-state index in [-0.39, 0.29) is 0 Å². The second-order valence-corrected chi connectivity index (χ2v) is 5.58. The van der Waals surface area contributed by atoms with E-state index >= 15 is 0 Å². The molecule has 0 saturated heterocycles. The van der Waals surface area contributed by atoms with Crippen LogP contribution in [0.3, 0.4) is 0 Å². The van der Waals surface area contributed by atoms with Crippen molar-refractivity contribution in [2.45, 2.75) is 13.8 Å². The maximum Gasteiger partial charge on any atom is 0.0347 e. The number of hydrogen-bond acceptors (Lipinski definition) is 2. The van der Waals surface area contributed by atoms with Crippen molar-refractivity contribution >= 4 is 32.4 Å². The summed E-state index contributed by atoms with van der Waals surface area (Å²) in [4.78, 5) is 2.42. The van der Waals surface area contributed by atoms with Crippen molar-refractivity contribution in [3.05, 3.63) is 40.9 Å². The van der Waals surface area contributed by atoms with Crippen molar-refractivity contribution in [3.8, 4) is 0 Å². The average Bonchev–Trinajstić information content (AvgIpc) is 2.43. The Morgan fingerprint density at radius 2 is 1.68 bits per heavy atom. The van der Waals surface area contributed by atoms with E-state index in [9.17, 15) is 0 Å². The number of hydrogen-bond donors (Lipinski definition) is 1. The van der Waals surface area contributed by atoms with Crippen LogP contribution in [0.25, 0.3) is 10.8 Å². The lowest BCUT2D eigenvalue weighted by atomic mass is 10.1. The molecule has 3 heteroatoms. The minimum absolute atomic E-state index is 0.990. The Bertz CT molecular complexity index is 535. The van der Waals surface area contributed by atoms with E-state index in [1.54, 1.807) is 0 Å². The molecule has 0 aliphatic heterocycles. The van der Waals surface area contributed by atoms with Gasteiger partial charge in [-0.15, -0.1) is 0 Å². The molecule has 1 N–H and O–H groups in total. The highest BCUT2D eigenvalue weighted by atomic mass is 79.9. The molecule has 2 rings (SSSR count). The van der Waals surface area contributed by atoms with E-state index < -0.39 is 0 Å². The SMILES string of the molecule is CCN(CC)CCNc1ccc2cc(Br)ccc2c1. The predicted molar refractivity (Wildman–Crippen MR) is 87.9 cm³/mol. The molecule has 102 valence electrons. The van der Waals surface area contributed by atoms with Crippen LogP contribution >= 0.6 is 15.9 Å². The van der Waals surface area contributed by atoms with E-state index in [2.05, 4.69) is 76.4 Å². The van der Waals surface area contributed by atoms with E-state index in [0.29, 0.717) is 0 Å². The molecule has 0 unspecified atom stereocenters. The quantitative estimate of drug-likeness (QED) is 0.850. The zero-order valence-electron chi connectivity index (χ0n) is 11.6. The molecule has 2 aromatic rings. The topological polar surface area (TPSA) is 15.3 Å². The van der Waals surface area contributed by atoms with Gasteiger partial charge in [0.15, 0.2) is 0 Å². The van der Waals surface area contributed by atoms with Crippen molar-refractivity contribution in [1.82, 2.24) is 4.90 Å². The summed E-state index contributed by atoms with van der Waals surface area (Å²) in [5.41, 5.74) is 1.20. The molecule has 19 heavy (non-hydrogen) atoms. The van der Waals surface area contributed by atoms with Crippen molar-refractivity contribution in [1.29, 1.82) is 0 Å². The summed E-state index contributed by atoms with van der Waals surface area (Å²) in [5.74, 6) is 0. The van der Waals surface area contributed by atoms with Crippen LogP contribution in [0.1, 0.15) is 13.8 Å². The number of halogens is 1. The molecule has 0 heterocycles. The largest absolute Gasteiger partial charge is 0.384 e. The first-order valence-electron chi connectivity index (χ1n) is 6.88. The zero-order chi connectivity index (χ0) is 13.7. The molecule has 0 radical (unpaired) electrons. The first-order valence-corrected chi connectivity index (χ1v) is 7.67. The van der Waals surface area contributed by atoms with Gasteiger partial charge in [-0.05, 0) is 48.1 Å². The summed E-state index contributed by atoms with van der Waals surface area (Å²) in [5, 5.41) is 6.04. The highest BCUT2D eigenvalue weighted by Crippen LogP contribution is 2.22. The molecule has 0 amide bonds. The minimum atomic E-state index is 0.990. The molecule has 0 aliphatic rings. The molecular formula is C16H21BrN2. The number of fused-ring (bicyclic) bond motifs is 1. The molecule has 0 aliphatic carbocycles. The third-order valence-corrected chi connectivity index (χ3v) is 3.95. The van der Waals surface area contributed by atoms with Crippen LogP contribution in [0.4, 0.5) is 5.69 Å². The Morgan fingerprint density at radius 3 is 2.42 bits per heavy atom. The Morgan fingerprint density at radius 1 is 1.00 bits per heavy atom. The van der Waals surface area contributed by atoms with Crippen molar-refractivity contribution in [2.75, 3.05) is 31.5 Å². The second kappa shape index (κ2) is 6.92. The fraction of sp³-hybridized carbons (Fsp3) is 0.375. The van der Waals surface area contributed by atoms with Gasteiger partial charge in [0.25, 0.3) is 0 Å². The summed E-state index contributed by atoms with van der Waals surface area (Å²) in [6.45, 7) is 8.72. The molecule has 0 spiro atoms. The highest BCUT2D eigenvalue weighted by Gasteiger charge is 2.00. The van der Waals surface area contributed by atoms with Gasteiger partial charge in [0.1, 0.15) is 0 Å². The number of rotatable bonds is 6. The first-order chi connectivity index (χ1) is 9.22. The third kappa shape index (κ3) is 3.95. The van der Waals surface area contributed by atoms with Crippen LogP contribution in [0.5, 0.6) is 0 Å². The number of nitrogens with zero attached hydrogens (tertiary/aromatic N) is 1. The number of likely N-dealkylation sites (N-methyl/N-ethyl adjacent to an activating group) is 1. The number of benzene rings is 2. The number of anilines is 1. The van der Waals surface area contributed by atoms with Crippen LogP contribution < -0.4 is 5.32 Å². The maximum absolute atomic E-state index is 3.50. The molecule has 0 atom stereocenters. The van der Waals surface area contributed by atoms with Gasteiger partial charge in [0, 0.05) is 23.2 Å². The average molecular weight is 321 g/mol. The summed E-state index contributed by atoms with van der Waals surface area (Å²) in [6, 6.07) is 12.9. The Balaban J connectivity index is 1.99. The van der Waals surface area contributed by atoms with Gasteiger partial charge in [-0.25, -0.2) is 0 Å². The molecular weight excluding hydrogens is 300 g/mol. The van der Waals surface area contributed by atoms with Crippen LogP contribution in [0.15, 0.2) is 40.9 Å². The summed E-state index contributed by atoms with van der Waals surface area (Å²) < 4.78 is 1.13. The molecule has 2 aromatic carbocycles. The van der Waals surface area contributed by atoms with Crippen LogP contribution in [0, 0.1) is 0 Å². The van der Waals surface area contributed by atoms with Crippen molar-refractivity contribution in [2.24, 2.45) is 0 Å². The lowest BCUT2D eigenvalue weighted by molar-refractivity contribution is 0.316. The van der Waals surface area contributed by atoms with E-state index in [1.807, 2.05) is 0 Å². The van der Waals surface area contributed by atoms with Crippen LogP contribution in [-0.2, 0) is 0 Å². The molecule has 0 bridgehead atoms. The molecule has 0 saturated carbocycles. The smallest absolute Gasteiger partial charge is 0.0347 e. The maximum atomic E-state index is 3.50. The van der Waals surface area contributed by atoms with Gasteiger partial charge < -0.3 is 10.2 Å². The van der Waals surface area contributed by atoms with Gasteiger partial charge in [-0.3, -0.25) is 0 Å². The highest BCUT2D eigenvalue weighted by molar-refractivity contribution is 9.10. The fourth-order valence-corrected chi connectivity index (χ4v) is 2.60. The summed E-state index contributed by atoms with van der Waals surface area (Å²) in [7, 11) is 0. The Hall–Kier alpha value is -1.06. The second-order valence-electron chi connectivity index (χ2n) is 4.66.